The molecule has 0 aliphatic rings. The van der Waals surface area contributed by atoms with E-state index in [1.165, 1.54) is 10.7 Å². The van der Waals surface area contributed by atoms with Crippen molar-refractivity contribution in [2.24, 2.45) is 0 Å². The summed E-state index contributed by atoms with van der Waals surface area (Å²) in [6, 6.07) is 4.86. The normalized spacial score (nSPS) is 10.6. The molecular weight excluding hydrogens is 233 g/mol. The molecule has 94 valence electrons. The maximum atomic E-state index is 13.9. The van der Waals surface area contributed by atoms with E-state index in [0.29, 0.717) is 23.5 Å². The summed E-state index contributed by atoms with van der Waals surface area (Å²) in [4.78, 5) is 10.8. The van der Waals surface area contributed by atoms with Gasteiger partial charge < -0.3 is 5.32 Å². The van der Waals surface area contributed by atoms with E-state index in [-0.39, 0.29) is 5.82 Å². The molecule has 4 nitrogen and oxygen atoms in total. The first-order chi connectivity index (χ1) is 8.67. The van der Waals surface area contributed by atoms with E-state index in [9.17, 15) is 9.18 Å². The highest BCUT2D eigenvalue weighted by Crippen LogP contribution is 2.19. The number of aryl methyl sites for hydroxylation is 1. The number of halogens is 1. The molecule has 0 atom stereocenters. The standard InChI is InChI=1S/C13H14FN3O/c1-9-11(8-18)7-17(16-9)13-10(6-15-2)4-3-5-12(13)14/h3-5,7-8,15H,6H2,1-2H3. The van der Waals surface area contributed by atoms with Gasteiger partial charge in [0.1, 0.15) is 11.5 Å². The van der Waals surface area contributed by atoms with Gasteiger partial charge in [-0.3, -0.25) is 4.79 Å². The van der Waals surface area contributed by atoms with Gasteiger partial charge in [0, 0.05) is 12.7 Å². The second-order valence-electron chi connectivity index (χ2n) is 4.01. The van der Waals surface area contributed by atoms with E-state index >= 15 is 0 Å². The Kier molecular flexibility index (Phi) is 3.53. The number of nitrogens with zero attached hydrogens (tertiary/aromatic N) is 2. The van der Waals surface area contributed by atoms with Crippen LogP contribution in [0, 0.1) is 12.7 Å². The molecule has 1 N–H and O–H groups in total. The summed E-state index contributed by atoms with van der Waals surface area (Å²) >= 11 is 0. The van der Waals surface area contributed by atoms with Gasteiger partial charge in [0.15, 0.2) is 6.29 Å². The summed E-state index contributed by atoms with van der Waals surface area (Å²) in [5.74, 6) is -0.359. The Labute approximate surface area is 104 Å². The summed E-state index contributed by atoms with van der Waals surface area (Å²) in [5, 5.41) is 7.15. The Bertz CT molecular complexity index is 578. The van der Waals surface area contributed by atoms with Crippen molar-refractivity contribution in [2.75, 3.05) is 7.05 Å². The topological polar surface area (TPSA) is 46.9 Å². The number of hydrogen-bond acceptors (Lipinski definition) is 3. The zero-order valence-corrected chi connectivity index (χ0v) is 10.3. The van der Waals surface area contributed by atoms with Crippen molar-refractivity contribution in [3.63, 3.8) is 0 Å². The van der Waals surface area contributed by atoms with Crippen molar-refractivity contribution < 1.29 is 9.18 Å². The minimum Gasteiger partial charge on any atom is -0.316 e. The molecule has 0 bridgehead atoms. The molecule has 1 heterocycles. The van der Waals surface area contributed by atoms with Gasteiger partial charge in [-0.15, -0.1) is 0 Å². The molecule has 0 unspecified atom stereocenters. The average Bonchev–Trinajstić information content (AvgIpc) is 2.71. The van der Waals surface area contributed by atoms with Gasteiger partial charge in [-0.1, -0.05) is 12.1 Å². The zero-order chi connectivity index (χ0) is 13.1. The molecule has 5 heteroatoms. The SMILES string of the molecule is CNCc1cccc(F)c1-n1cc(C=O)c(C)n1. The summed E-state index contributed by atoms with van der Waals surface area (Å²) in [6.07, 6.45) is 2.26. The third-order valence-electron chi connectivity index (χ3n) is 2.73. The van der Waals surface area contributed by atoms with Crippen LogP contribution in [0.1, 0.15) is 21.6 Å². The van der Waals surface area contributed by atoms with Gasteiger partial charge in [-0.05, 0) is 25.6 Å². The average molecular weight is 247 g/mol. The molecule has 2 rings (SSSR count). The molecule has 0 saturated carbocycles. The first kappa shape index (κ1) is 12.4. The molecule has 0 aliphatic carbocycles. The van der Waals surface area contributed by atoms with Crippen LogP contribution in [0.3, 0.4) is 0 Å². The van der Waals surface area contributed by atoms with Gasteiger partial charge in [-0.2, -0.15) is 5.10 Å². The van der Waals surface area contributed by atoms with Gasteiger partial charge in [-0.25, -0.2) is 9.07 Å². The van der Waals surface area contributed by atoms with E-state index in [1.54, 1.807) is 26.2 Å². The van der Waals surface area contributed by atoms with Crippen molar-refractivity contribution in [3.8, 4) is 5.69 Å². The molecule has 2 aromatic rings. The first-order valence-corrected chi connectivity index (χ1v) is 5.61. The molecule has 0 fully saturated rings. The highest BCUT2D eigenvalue weighted by Gasteiger charge is 2.13. The number of rotatable bonds is 4. The van der Waals surface area contributed by atoms with Crippen LogP contribution in [0.4, 0.5) is 4.39 Å². The van der Waals surface area contributed by atoms with Crippen LogP contribution in [0.2, 0.25) is 0 Å². The van der Waals surface area contributed by atoms with E-state index in [0.717, 1.165) is 11.8 Å². The molecule has 0 spiro atoms. The van der Waals surface area contributed by atoms with E-state index in [4.69, 9.17) is 0 Å². The molecule has 0 amide bonds. The Morgan fingerprint density at radius 3 is 2.89 bits per heavy atom. The summed E-state index contributed by atoms with van der Waals surface area (Å²) < 4.78 is 15.3. The number of aldehydes is 1. The third kappa shape index (κ3) is 2.17. The van der Waals surface area contributed by atoms with E-state index in [1.807, 2.05) is 6.07 Å². The second-order valence-corrected chi connectivity index (χ2v) is 4.01. The van der Waals surface area contributed by atoms with Crippen LogP contribution in [0.15, 0.2) is 24.4 Å². The lowest BCUT2D eigenvalue weighted by Gasteiger charge is -2.10. The number of nitrogens with one attached hydrogen (secondary N) is 1. The van der Waals surface area contributed by atoms with Crippen molar-refractivity contribution in [1.82, 2.24) is 15.1 Å². The van der Waals surface area contributed by atoms with Crippen LogP contribution >= 0.6 is 0 Å². The van der Waals surface area contributed by atoms with Gasteiger partial charge in [0.25, 0.3) is 0 Å². The fourth-order valence-corrected chi connectivity index (χ4v) is 1.85. The fourth-order valence-electron chi connectivity index (χ4n) is 1.85. The highest BCUT2D eigenvalue weighted by molar-refractivity contribution is 5.76. The Balaban J connectivity index is 2.57. The quantitative estimate of drug-likeness (QED) is 0.839. The predicted molar refractivity (Wildman–Crippen MR) is 66.4 cm³/mol. The van der Waals surface area contributed by atoms with Crippen LogP contribution in [0.5, 0.6) is 0 Å². The lowest BCUT2D eigenvalue weighted by Crippen LogP contribution is -2.11. The van der Waals surface area contributed by atoms with Crippen LogP contribution in [-0.4, -0.2) is 23.1 Å². The Morgan fingerprint density at radius 1 is 1.50 bits per heavy atom. The minimum absolute atomic E-state index is 0.359. The number of hydrogen-bond donors (Lipinski definition) is 1. The lowest BCUT2D eigenvalue weighted by atomic mass is 10.1. The van der Waals surface area contributed by atoms with Gasteiger partial charge >= 0.3 is 0 Å². The minimum atomic E-state index is -0.359. The third-order valence-corrected chi connectivity index (χ3v) is 2.73. The number of para-hydroxylation sites is 1. The number of carbonyl (C=O) groups is 1. The smallest absolute Gasteiger partial charge is 0.153 e. The van der Waals surface area contributed by atoms with Gasteiger partial charge in [0.05, 0.1) is 11.3 Å². The number of aromatic nitrogens is 2. The van der Waals surface area contributed by atoms with Crippen molar-refractivity contribution in [1.29, 1.82) is 0 Å². The van der Waals surface area contributed by atoms with Gasteiger partial charge in [0.2, 0.25) is 0 Å². The molecule has 0 aliphatic heterocycles. The monoisotopic (exact) mass is 247 g/mol. The van der Waals surface area contributed by atoms with Crippen LogP contribution in [0.25, 0.3) is 5.69 Å². The Hall–Kier alpha value is -2.01. The maximum absolute atomic E-state index is 13.9. The maximum Gasteiger partial charge on any atom is 0.153 e. The molecular formula is C13H14FN3O. The molecule has 18 heavy (non-hydrogen) atoms. The van der Waals surface area contributed by atoms with Crippen molar-refractivity contribution >= 4 is 6.29 Å². The molecule has 0 saturated heterocycles. The fraction of sp³-hybridized carbons (Fsp3) is 0.231. The summed E-state index contributed by atoms with van der Waals surface area (Å²) in [7, 11) is 1.79. The van der Waals surface area contributed by atoms with Crippen molar-refractivity contribution in [3.05, 3.63) is 47.0 Å². The highest BCUT2D eigenvalue weighted by atomic mass is 19.1. The summed E-state index contributed by atoms with van der Waals surface area (Å²) in [5.41, 5.74) is 2.22. The van der Waals surface area contributed by atoms with E-state index in [2.05, 4.69) is 10.4 Å². The zero-order valence-electron chi connectivity index (χ0n) is 10.3. The largest absolute Gasteiger partial charge is 0.316 e. The second kappa shape index (κ2) is 5.10. The van der Waals surface area contributed by atoms with Crippen LogP contribution in [-0.2, 0) is 6.54 Å². The lowest BCUT2D eigenvalue weighted by molar-refractivity contribution is 0.112. The number of benzene rings is 1. The molecule has 0 radical (unpaired) electrons. The van der Waals surface area contributed by atoms with Crippen molar-refractivity contribution in [2.45, 2.75) is 13.5 Å². The number of carbonyl (C=O) groups excluding carboxylic acids is 1. The van der Waals surface area contributed by atoms with Crippen LogP contribution < -0.4 is 5.32 Å². The molecule has 1 aromatic heterocycles. The summed E-state index contributed by atoms with van der Waals surface area (Å²) in [6.45, 7) is 2.25. The molecule has 1 aromatic carbocycles. The predicted octanol–water partition coefficient (Wildman–Crippen LogP) is 1.85. The Morgan fingerprint density at radius 2 is 2.28 bits per heavy atom. The first-order valence-electron chi connectivity index (χ1n) is 5.61. The van der Waals surface area contributed by atoms with E-state index < -0.39 is 0 Å².